The fourth-order valence-electron chi connectivity index (χ4n) is 4.03. The second-order valence-corrected chi connectivity index (χ2v) is 7.85. The highest BCUT2D eigenvalue weighted by Gasteiger charge is 2.31. The Bertz CT molecular complexity index is 1180. The minimum atomic E-state index is -1.23. The van der Waals surface area contributed by atoms with Gasteiger partial charge in [-0.05, 0) is 22.3 Å². The quantitative estimate of drug-likeness (QED) is 0.491. The van der Waals surface area contributed by atoms with Crippen LogP contribution >= 0.6 is 0 Å². The van der Waals surface area contributed by atoms with E-state index in [1.54, 1.807) is 13.2 Å². The molecule has 3 aromatic rings. The molecule has 4 rings (SSSR count). The molecule has 10 heteroatoms. The van der Waals surface area contributed by atoms with Gasteiger partial charge >= 0.3 is 12.1 Å². The molecular weight excluding hydrogens is 440 g/mol. The Balaban J connectivity index is 1.47. The lowest BCUT2D eigenvalue weighted by Crippen LogP contribution is -2.42. The van der Waals surface area contributed by atoms with Gasteiger partial charge < -0.3 is 15.2 Å². The summed E-state index contributed by atoms with van der Waals surface area (Å²) >= 11 is 0. The number of hydrogen-bond donors (Lipinski definition) is 2. The zero-order valence-electron chi connectivity index (χ0n) is 18.7. The van der Waals surface area contributed by atoms with Crippen molar-refractivity contribution in [3.05, 3.63) is 77.6 Å². The van der Waals surface area contributed by atoms with Gasteiger partial charge in [0.05, 0.1) is 6.20 Å². The van der Waals surface area contributed by atoms with Gasteiger partial charge in [-0.25, -0.2) is 14.7 Å². The Labute approximate surface area is 195 Å². The summed E-state index contributed by atoms with van der Waals surface area (Å²) in [5, 5.41) is 16.2. The molecule has 10 nitrogen and oxygen atoms in total. The molecule has 0 fully saturated rings. The molecule has 34 heavy (non-hydrogen) atoms. The van der Waals surface area contributed by atoms with E-state index in [4.69, 9.17) is 14.7 Å². The molecule has 2 amide bonds. The lowest BCUT2D eigenvalue weighted by molar-refractivity contribution is -0.187. The van der Waals surface area contributed by atoms with Gasteiger partial charge in [-0.15, -0.1) is 0 Å². The van der Waals surface area contributed by atoms with E-state index < -0.39 is 30.6 Å². The van der Waals surface area contributed by atoms with Crippen molar-refractivity contribution in [3.8, 4) is 11.1 Å². The van der Waals surface area contributed by atoms with Crippen molar-refractivity contribution >= 4 is 18.0 Å². The lowest BCUT2D eigenvalue weighted by atomic mass is 9.98. The van der Waals surface area contributed by atoms with Gasteiger partial charge in [0, 0.05) is 31.8 Å². The Morgan fingerprint density at radius 3 is 2.29 bits per heavy atom. The van der Waals surface area contributed by atoms with Gasteiger partial charge in [-0.1, -0.05) is 48.5 Å². The van der Waals surface area contributed by atoms with E-state index in [1.807, 2.05) is 48.5 Å². The third kappa shape index (κ3) is 4.76. The summed E-state index contributed by atoms with van der Waals surface area (Å²) in [7, 11) is 2.94. The highest BCUT2D eigenvalue weighted by Crippen LogP contribution is 2.44. The van der Waals surface area contributed by atoms with Crippen molar-refractivity contribution < 1.29 is 29.1 Å². The number of hydroxylamine groups is 2. The number of amides is 2. The molecule has 0 aliphatic heterocycles. The Morgan fingerprint density at radius 2 is 1.74 bits per heavy atom. The number of likely N-dealkylation sites (N-methyl/N-ethyl adjacent to an activating group) is 1. The van der Waals surface area contributed by atoms with E-state index in [2.05, 4.69) is 10.4 Å². The van der Waals surface area contributed by atoms with Crippen LogP contribution in [0.1, 0.15) is 28.7 Å². The number of alkyl carbamates (subject to hydrolysis) is 1. The van der Waals surface area contributed by atoms with Crippen LogP contribution < -0.4 is 5.32 Å². The van der Waals surface area contributed by atoms with E-state index in [0.29, 0.717) is 5.56 Å². The topological polar surface area (TPSA) is 123 Å². The Morgan fingerprint density at radius 1 is 1.12 bits per heavy atom. The number of carbonyl (C=O) groups excluding carboxylic acids is 2. The molecule has 176 valence electrons. The normalized spacial score (nSPS) is 13.0. The van der Waals surface area contributed by atoms with Gasteiger partial charge in [0.15, 0.2) is 6.61 Å². The first kappa shape index (κ1) is 23.0. The summed E-state index contributed by atoms with van der Waals surface area (Å²) in [5.41, 5.74) is 4.74. The van der Waals surface area contributed by atoms with Gasteiger partial charge in [-0.2, -0.15) is 5.10 Å². The monoisotopic (exact) mass is 464 g/mol. The summed E-state index contributed by atoms with van der Waals surface area (Å²) in [6.07, 6.45) is 2.20. The first-order valence-corrected chi connectivity index (χ1v) is 10.6. The molecule has 0 bridgehead atoms. The van der Waals surface area contributed by atoms with E-state index in [9.17, 15) is 14.4 Å². The molecule has 0 saturated carbocycles. The number of carbonyl (C=O) groups is 3. The molecule has 1 aromatic heterocycles. The van der Waals surface area contributed by atoms with Crippen molar-refractivity contribution in [3.63, 3.8) is 0 Å². The average molecular weight is 464 g/mol. The number of aryl methyl sites for hydroxylation is 1. The predicted molar refractivity (Wildman–Crippen MR) is 121 cm³/mol. The zero-order chi connectivity index (χ0) is 24.2. The number of fused-ring (bicyclic) bond motifs is 3. The second kappa shape index (κ2) is 9.75. The largest absolute Gasteiger partial charge is 0.479 e. The van der Waals surface area contributed by atoms with E-state index in [0.717, 1.165) is 27.3 Å². The summed E-state index contributed by atoms with van der Waals surface area (Å²) in [5.74, 6) is -2.04. The molecule has 1 heterocycles. The molecule has 0 radical (unpaired) electrons. The van der Waals surface area contributed by atoms with Crippen LogP contribution in [0.25, 0.3) is 11.1 Å². The maximum Gasteiger partial charge on any atom is 0.408 e. The van der Waals surface area contributed by atoms with Crippen LogP contribution in [-0.4, -0.2) is 58.2 Å². The van der Waals surface area contributed by atoms with Crippen LogP contribution in [0.5, 0.6) is 0 Å². The van der Waals surface area contributed by atoms with Crippen LogP contribution in [0.2, 0.25) is 0 Å². The molecule has 0 spiro atoms. The molecule has 0 saturated heterocycles. The van der Waals surface area contributed by atoms with Crippen LogP contribution in [0.3, 0.4) is 0 Å². The number of rotatable bonds is 8. The molecule has 1 atom stereocenters. The highest BCUT2D eigenvalue weighted by molar-refractivity contribution is 5.86. The number of nitrogens with zero attached hydrogens (tertiary/aromatic N) is 3. The third-order valence-corrected chi connectivity index (χ3v) is 5.60. The number of carboxylic acid groups (broad SMARTS) is 1. The number of ether oxygens (including phenoxy) is 1. The minimum absolute atomic E-state index is 0.0825. The Hall–Kier alpha value is -4.18. The standard InChI is InChI=1S/C24H24N4O6/c1-27-12-15(11-25-27)22(23(31)28(2)34-14-21(29)30)26-24(32)33-13-20-18-9-5-3-7-16(18)17-8-4-6-10-19(17)20/h3-12,20,22H,13-14H2,1-2H3,(H,26,32)(H,29,30). The van der Waals surface area contributed by atoms with Gasteiger partial charge in [-0.3, -0.25) is 14.3 Å². The van der Waals surface area contributed by atoms with Crippen molar-refractivity contribution in [2.45, 2.75) is 12.0 Å². The van der Waals surface area contributed by atoms with Crippen LogP contribution in [0.4, 0.5) is 4.79 Å². The lowest BCUT2D eigenvalue weighted by Gasteiger charge is -2.23. The summed E-state index contributed by atoms with van der Waals surface area (Å²) < 4.78 is 7.02. The molecule has 2 N–H and O–H groups in total. The van der Waals surface area contributed by atoms with E-state index >= 15 is 0 Å². The van der Waals surface area contributed by atoms with Gasteiger partial charge in [0.25, 0.3) is 5.91 Å². The van der Waals surface area contributed by atoms with Gasteiger partial charge in [0.1, 0.15) is 12.6 Å². The molecule has 2 aromatic carbocycles. The Kier molecular flexibility index (Phi) is 6.60. The first-order valence-electron chi connectivity index (χ1n) is 10.6. The van der Waals surface area contributed by atoms with Crippen molar-refractivity contribution in [1.29, 1.82) is 0 Å². The first-order chi connectivity index (χ1) is 16.3. The summed E-state index contributed by atoms with van der Waals surface area (Å²) in [6.45, 7) is -0.619. The fraction of sp³-hybridized carbons (Fsp3) is 0.250. The zero-order valence-corrected chi connectivity index (χ0v) is 18.7. The molecule has 1 aliphatic carbocycles. The summed E-state index contributed by atoms with van der Waals surface area (Å²) in [4.78, 5) is 41.3. The molecular formula is C24H24N4O6. The number of nitrogens with one attached hydrogen (secondary N) is 1. The van der Waals surface area contributed by atoms with Crippen LogP contribution in [0.15, 0.2) is 60.9 Å². The summed E-state index contributed by atoms with van der Waals surface area (Å²) in [6, 6.07) is 14.8. The number of benzene rings is 2. The van der Waals surface area contributed by atoms with E-state index in [-0.39, 0.29) is 12.5 Å². The second-order valence-electron chi connectivity index (χ2n) is 7.85. The molecule has 1 aliphatic rings. The fourth-order valence-corrected chi connectivity index (χ4v) is 4.03. The maximum absolute atomic E-state index is 12.9. The number of carboxylic acids is 1. The highest BCUT2D eigenvalue weighted by atomic mass is 16.7. The van der Waals surface area contributed by atoms with Crippen molar-refractivity contribution in [1.82, 2.24) is 20.2 Å². The average Bonchev–Trinajstić information content (AvgIpc) is 3.40. The van der Waals surface area contributed by atoms with Gasteiger partial charge in [0.2, 0.25) is 0 Å². The number of aromatic nitrogens is 2. The number of aliphatic carboxylic acids is 1. The van der Waals surface area contributed by atoms with Crippen molar-refractivity contribution in [2.24, 2.45) is 7.05 Å². The predicted octanol–water partition coefficient (Wildman–Crippen LogP) is 2.47. The minimum Gasteiger partial charge on any atom is -0.479 e. The smallest absolute Gasteiger partial charge is 0.408 e. The van der Waals surface area contributed by atoms with E-state index in [1.165, 1.54) is 17.9 Å². The maximum atomic E-state index is 12.9. The SMILES string of the molecule is CN(OCC(=O)O)C(=O)C(NC(=O)OCC1c2ccccc2-c2ccccc21)c1cnn(C)c1. The number of hydrogen-bond acceptors (Lipinski definition) is 6. The van der Waals surface area contributed by atoms with Crippen molar-refractivity contribution in [2.75, 3.05) is 20.3 Å². The van der Waals surface area contributed by atoms with Crippen LogP contribution in [0, 0.1) is 0 Å². The van der Waals surface area contributed by atoms with Crippen LogP contribution in [-0.2, 0) is 26.2 Å². The third-order valence-electron chi connectivity index (χ3n) is 5.60. The molecule has 1 unspecified atom stereocenters.